The summed E-state index contributed by atoms with van der Waals surface area (Å²) in [5.41, 5.74) is 1.11. The Kier molecular flexibility index (Phi) is 8.51. The van der Waals surface area contributed by atoms with Crippen LogP contribution in [0.5, 0.6) is 0 Å². The first-order valence-corrected chi connectivity index (χ1v) is 12.9. The second kappa shape index (κ2) is 11.1. The van der Waals surface area contributed by atoms with Gasteiger partial charge in [-0.05, 0) is 42.4 Å². The highest BCUT2D eigenvalue weighted by Crippen LogP contribution is 2.26. The van der Waals surface area contributed by atoms with Gasteiger partial charge in [-0.15, -0.1) is 0 Å². The van der Waals surface area contributed by atoms with E-state index < -0.39 is 22.3 Å². The van der Waals surface area contributed by atoms with Crippen LogP contribution >= 0.6 is 0 Å². The molecule has 0 unspecified atom stereocenters. The minimum Gasteiger partial charge on any atom is -0.429 e. The van der Waals surface area contributed by atoms with E-state index in [1.807, 2.05) is 30.3 Å². The number of ether oxygens (including phenoxy) is 1. The summed E-state index contributed by atoms with van der Waals surface area (Å²) in [5, 5.41) is 6.30. The van der Waals surface area contributed by atoms with Crippen molar-refractivity contribution >= 4 is 16.1 Å². The van der Waals surface area contributed by atoms with Crippen LogP contribution in [-0.4, -0.2) is 44.3 Å². The maximum atomic E-state index is 13.2. The molecule has 0 bridgehead atoms. The van der Waals surface area contributed by atoms with E-state index in [9.17, 15) is 13.2 Å². The molecule has 7 nitrogen and oxygen atoms in total. The van der Waals surface area contributed by atoms with Crippen LogP contribution in [0.1, 0.15) is 45.6 Å². The van der Waals surface area contributed by atoms with E-state index in [2.05, 4.69) is 31.4 Å². The number of nitrogens with zero attached hydrogens (tertiary/aromatic N) is 1. The number of piperidine rings is 1. The van der Waals surface area contributed by atoms with E-state index in [1.54, 1.807) is 30.3 Å². The van der Waals surface area contributed by atoms with Crippen molar-refractivity contribution in [3.63, 3.8) is 0 Å². The Balaban J connectivity index is 1.69. The van der Waals surface area contributed by atoms with E-state index in [1.165, 1.54) is 4.31 Å². The number of alkyl carbamates (subject to hydrolysis) is 1. The molecule has 0 radical (unpaired) electrons. The van der Waals surface area contributed by atoms with Crippen molar-refractivity contribution in [1.29, 1.82) is 0 Å². The summed E-state index contributed by atoms with van der Waals surface area (Å²) in [7, 11) is -3.75. The van der Waals surface area contributed by atoms with Crippen LogP contribution in [0.15, 0.2) is 65.6 Å². The molecule has 33 heavy (non-hydrogen) atoms. The van der Waals surface area contributed by atoms with Crippen LogP contribution in [0.25, 0.3) is 0 Å². The molecule has 1 aliphatic rings. The Bertz CT molecular complexity index is 991. The minimum absolute atomic E-state index is 0.0322. The molecule has 2 atom stereocenters. The van der Waals surface area contributed by atoms with Gasteiger partial charge in [-0.25, -0.2) is 13.2 Å². The molecule has 1 heterocycles. The fourth-order valence-electron chi connectivity index (χ4n) is 3.75. The van der Waals surface area contributed by atoms with Crippen molar-refractivity contribution in [1.82, 2.24) is 14.9 Å². The first-order chi connectivity index (χ1) is 15.6. The lowest BCUT2D eigenvalue weighted by atomic mass is 9.96. The smallest absolute Gasteiger partial charge is 0.409 e. The average Bonchev–Trinajstić information content (AvgIpc) is 2.78. The standard InChI is InChI=1S/C25H35N3O4S/c1-25(2,3)19-26-22(18-20-12-6-4-7-13-20)27-24(29)32-23-16-10-11-17-28(23)33(30,31)21-14-8-5-9-15-21/h4-9,12-15,22-23,26H,10-11,16-19H2,1-3H3,(H,27,29)/t22-,23-/m0/s1. The molecule has 1 aliphatic heterocycles. The number of carbonyl (C=O) groups is 1. The highest BCUT2D eigenvalue weighted by Gasteiger charge is 2.36. The number of hydrogen-bond donors (Lipinski definition) is 2. The molecule has 1 saturated heterocycles. The Hall–Kier alpha value is -2.42. The van der Waals surface area contributed by atoms with Gasteiger partial charge in [-0.2, -0.15) is 4.31 Å². The average molecular weight is 474 g/mol. The summed E-state index contributed by atoms with van der Waals surface area (Å²) in [6, 6.07) is 18.2. The fraction of sp³-hybridized carbons (Fsp3) is 0.480. The van der Waals surface area contributed by atoms with E-state index >= 15 is 0 Å². The maximum Gasteiger partial charge on any atom is 0.409 e. The zero-order valence-corrected chi connectivity index (χ0v) is 20.5. The number of amides is 1. The third-order valence-electron chi connectivity index (χ3n) is 5.45. The Morgan fingerprint density at radius 3 is 2.33 bits per heavy atom. The van der Waals surface area contributed by atoms with Crippen molar-refractivity contribution in [2.24, 2.45) is 5.41 Å². The second-order valence-corrected chi connectivity index (χ2v) is 11.5. The highest BCUT2D eigenvalue weighted by atomic mass is 32.2. The quantitative estimate of drug-likeness (QED) is 0.563. The predicted octanol–water partition coefficient (Wildman–Crippen LogP) is 4.12. The molecule has 0 aromatic heterocycles. The van der Waals surface area contributed by atoms with Crippen LogP contribution in [0.4, 0.5) is 4.79 Å². The number of hydrogen-bond acceptors (Lipinski definition) is 5. The lowest BCUT2D eigenvalue weighted by molar-refractivity contribution is 0.00745. The van der Waals surface area contributed by atoms with Crippen LogP contribution in [0, 0.1) is 5.41 Å². The van der Waals surface area contributed by atoms with Gasteiger partial charge in [0.1, 0.15) is 0 Å². The van der Waals surface area contributed by atoms with Gasteiger partial charge in [-0.1, -0.05) is 69.3 Å². The van der Waals surface area contributed by atoms with Crippen molar-refractivity contribution in [2.45, 2.75) is 63.7 Å². The summed E-state index contributed by atoms with van der Waals surface area (Å²) in [4.78, 5) is 13.1. The van der Waals surface area contributed by atoms with Gasteiger partial charge in [0.25, 0.3) is 0 Å². The molecular formula is C25H35N3O4S. The molecule has 3 rings (SSSR count). The van der Waals surface area contributed by atoms with Gasteiger partial charge in [0.2, 0.25) is 10.0 Å². The normalized spacial score (nSPS) is 18.5. The molecule has 2 aromatic carbocycles. The molecular weight excluding hydrogens is 438 g/mol. The monoisotopic (exact) mass is 473 g/mol. The number of carbonyl (C=O) groups excluding carboxylic acids is 1. The molecule has 8 heteroatoms. The van der Waals surface area contributed by atoms with Crippen molar-refractivity contribution in [2.75, 3.05) is 13.1 Å². The second-order valence-electron chi connectivity index (χ2n) is 9.61. The van der Waals surface area contributed by atoms with Gasteiger partial charge >= 0.3 is 6.09 Å². The van der Waals surface area contributed by atoms with Gasteiger partial charge in [0.05, 0.1) is 11.1 Å². The van der Waals surface area contributed by atoms with Gasteiger partial charge in [0, 0.05) is 19.5 Å². The molecule has 180 valence electrons. The molecule has 0 saturated carbocycles. The Morgan fingerprint density at radius 1 is 1.06 bits per heavy atom. The zero-order chi connectivity index (χ0) is 23.9. The van der Waals surface area contributed by atoms with Crippen molar-refractivity contribution in [3.05, 3.63) is 66.2 Å². The topological polar surface area (TPSA) is 87.7 Å². The largest absolute Gasteiger partial charge is 0.429 e. The molecule has 1 fully saturated rings. The predicted molar refractivity (Wildman–Crippen MR) is 129 cm³/mol. The van der Waals surface area contributed by atoms with Crippen LogP contribution in [0.2, 0.25) is 0 Å². The number of benzene rings is 2. The van der Waals surface area contributed by atoms with E-state index in [4.69, 9.17) is 4.74 Å². The lowest BCUT2D eigenvalue weighted by Gasteiger charge is -2.34. The van der Waals surface area contributed by atoms with Crippen LogP contribution in [-0.2, 0) is 21.2 Å². The Labute approximate surface area is 197 Å². The fourth-order valence-corrected chi connectivity index (χ4v) is 5.35. The summed E-state index contributed by atoms with van der Waals surface area (Å²) < 4.78 is 33.3. The maximum absolute atomic E-state index is 13.2. The summed E-state index contributed by atoms with van der Waals surface area (Å²) in [6.07, 6.45) is 0.788. The van der Waals surface area contributed by atoms with Crippen molar-refractivity contribution in [3.8, 4) is 0 Å². The minimum atomic E-state index is -3.75. The molecule has 0 aliphatic carbocycles. The number of sulfonamides is 1. The molecule has 1 amide bonds. The van der Waals surface area contributed by atoms with Crippen LogP contribution < -0.4 is 10.6 Å². The van der Waals surface area contributed by atoms with Gasteiger partial charge < -0.3 is 10.1 Å². The molecule has 2 aromatic rings. The third-order valence-corrected chi connectivity index (χ3v) is 7.35. The Morgan fingerprint density at radius 2 is 1.70 bits per heavy atom. The lowest BCUT2D eigenvalue weighted by Crippen LogP contribution is -2.52. The van der Waals surface area contributed by atoms with Crippen molar-refractivity contribution < 1.29 is 17.9 Å². The molecule has 0 spiro atoms. The number of rotatable bonds is 8. The summed E-state index contributed by atoms with van der Waals surface area (Å²) >= 11 is 0. The van der Waals surface area contributed by atoms with E-state index in [0.29, 0.717) is 25.9 Å². The highest BCUT2D eigenvalue weighted by molar-refractivity contribution is 7.89. The third kappa shape index (κ3) is 7.55. The number of nitrogens with one attached hydrogen (secondary N) is 2. The SMILES string of the molecule is CC(C)(C)CN[C@H](Cc1ccccc1)NC(=O)O[C@H]1CCCCN1S(=O)(=O)c1ccccc1. The van der Waals surface area contributed by atoms with E-state index in [0.717, 1.165) is 18.4 Å². The summed E-state index contributed by atoms with van der Waals surface area (Å²) in [5.74, 6) is 0. The molecule has 2 N–H and O–H groups in total. The van der Waals surface area contributed by atoms with Gasteiger partial charge in [0.15, 0.2) is 6.23 Å². The van der Waals surface area contributed by atoms with E-state index in [-0.39, 0.29) is 16.5 Å². The first kappa shape index (κ1) is 25.2. The zero-order valence-electron chi connectivity index (χ0n) is 19.7. The summed E-state index contributed by atoms with van der Waals surface area (Å²) in [6.45, 7) is 7.37. The first-order valence-electron chi connectivity index (χ1n) is 11.5. The van der Waals surface area contributed by atoms with Gasteiger partial charge in [-0.3, -0.25) is 5.32 Å². The van der Waals surface area contributed by atoms with Crippen LogP contribution in [0.3, 0.4) is 0 Å².